The molecular formula is C23H19N7O2. The van der Waals surface area contributed by atoms with Gasteiger partial charge in [0.2, 0.25) is 5.95 Å². The standard InChI is InChI=1S/C23H19N7O2/c1-14-19(22(32)27-17-5-3-9-25-13-17)20(16-4-2-6-18(31)12-16)30-23(26-14)28-21(29-30)15-7-10-24-11-8-15/h2-13,20,31H,1H3,(H,27,32)(H,26,28,29). The number of pyridine rings is 2. The SMILES string of the molecule is CC1=C(C(=O)Nc2cccnc2)C(c2cccc(O)c2)n2nc(-c3ccncc3)nc2N1. The summed E-state index contributed by atoms with van der Waals surface area (Å²) in [6.45, 7) is 1.82. The molecule has 0 saturated carbocycles. The van der Waals surface area contributed by atoms with Crippen LogP contribution in [0.4, 0.5) is 11.6 Å². The number of aromatic hydroxyl groups is 1. The maximum Gasteiger partial charge on any atom is 0.255 e. The monoisotopic (exact) mass is 425 g/mol. The topological polar surface area (TPSA) is 118 Å². The van der Waals surface area contributed by atoms with E-state index in [0.29, 0.717) is 34.3 Å². The van der Waals surface area contributed by atoms with Gasteiger partial charge < -0.3 is 15.7 Å². The van der Waals surface area contributed by atoms with Gasteiger partial charge in [0, 0.05) is 29.9 Å². The van der Waals surface area contributed by atoms with Crippen LogP contribution >= 0.6 is 0 Å². The molecule has 1 aliphatic heterocycles. The van der Waals surface area contributed by atoms with Gasteiger partial charge in [-0.25, -0.2) is 4.68 Å². The minimum Gasteiger partial charge on any atom is -0.508 e. The van der Waals surface area contributed by atoms with Crippen LogP contribution in [0.2, 0.25) is 0 Å². The molecule has 1 aliphatic rings. The summed E-state index contributed by atoms with van der Waals surface area (Å²) < 4.78 is 1.66. The number of phenols is 1. The summed E-state index contributed by atoms with van der Waals surface area (Å²) in [5.74, 6) is 0.798. The zero-order valence-electron chi connectivity index (χ0n) is 17.1. The molecule has 0 fully saturated rings. The van der Waals surface area contributed by atoms with Gasteiger partial charge in [0.25, 0.3) is 5.91 Å². The van der Waals surface area contributed by atoms with Crippen LogP contribution in [-0.2, 0) is 4.79 Å². The number of rotatable bonds is 4. The summed E-state index contributed by atoms with van der Waals surface area (Å²) in [4.78, 5) is 26.1. The second-order valence-electron chi connectivity index (χ2n) is 7.30. The molecule has 9 nitrogen and oxygen atoms in total. The Morgan fingerprint density at radius 3 is 2.69 bits per heavy atom. The Kier molecular flexibility index (Phi) is 4.83. The van der Waals surface area contributed by atoms with Crippen molar-refractivity contribution in [1.29, 1.82) is 0 Å². The Balaban J connectivity index is 1.62. The minimum absolute atomic E-state index is 0.0988. The number of hydrogen-bond acceptors (Lipinski definition) is 7. The van der Waals surface area contributed by atoms with Crippen LogP contribution in [0.3, 0.4) is 0 Å². The van der Waals surface area contributed by atoms with Crippen molar-refractivity contribution in [2.75, 3.05) is 10.6 Å². The van der Waals surface area contributed by atoms with Crippen LogP contribution in [-0.4, -0.2) is 35.7 Å². The predicted octanol–water partition coefficient (Wildman–Crippen LogP) is 3.37. The molecule has 0 radical (unpaired) electrons. The van der Waals surface area contributed by atoms with Crippen molar-refractivity contribution in [3.05, 3.63) is 90.2 Å². The van der Waals surface area contributed by atoms with Gasteiger partial charge in [-0.1, -0.05) is 12.1 Å². The van der Waals surface area contributed by atoms with Gasteiger partial charge in [0.1, 0.15) is 11.8 Å². The molecule has 1 unspecified atom stereocenters. The Morgan fingerprint density at radius 2 is 1.94 bits per heavy atom. The van der Waals surface area contributed by atoms with E-state index in [9.17, 15) is 9.90 Å². The average molecular weight is 425 g/mol. The van der Waals surface area contributed by atoms with Gasteiger partial charge in [0.05, 0.1) is 17.5 Å². The number of fused-ring (bicyclic) bond motifs is 1. The van der Waals surface area contributed by atoms with Crippen molar-refractivity contribution in [3.8, 4) is 17.1 Å². The van der Waals surface area contributed by atoms with Gasteiger partial charge in [-0.2, -0.15) is 4.98 Å². The van der Waals surface area contributed by atoms with E-state index < -0.39 is 6.04 Å². The third kappa shape index (κ3) is 3.56. The zero-order chi connectivity index (χ0) is 22.1. The van der Waals surface area contributed by atoms with Crippen LogP contribution in [0.1, 0.15) is 18.5 Å². The molecular weight excluding hydrogens is 406 g/mol. The van der Waals surface area contributed by atoms with Crippen LogP contribution in [0.15, 0.2) is 84.6 Å². The molecule has 158 valence electrons. The van der Waals surface area contributed by atoms with Gasteiger partial charge in [0.15, 0.2) is 5.82 Å². The molecule has 0 spiro atoms. The Bertz CT molecular complexity index is 1320. The first kappa shape index (κ1) is 19.4. The molecule has 4 aromatic rings. The molecule has 1 atom stereocenters. The lowest BCUT2D eigenvalue weighted by Crippen LogP contribution is -2.31. The van der Waals surface area contributed by atoms with E-state index >= 15 is 0 Å². The summed E-state index contributed by atoms with van der Waals surface area (Å²) >= 11 is 0. The van der Waals surface area contributed by atoms with Crippen molar-refractivity contribution in [1.82, 2.24) is 24.7 Å². The van der Waals surface area contributed by atoms with Gasteiger partial charge in [-0.3, -0.25) is 14.8 Å². The first-order valence-corrected chi connectivity index (χ1v) is 9.95. The maximum atomic E-state index is 13.4. The molecule has 4 heterocycles. The number of anilines is 2. The lowest BCUT2D eigenvalue weighted by molar-refractivity contribution is -0.113. The molecule has 0 aliphatic carbocycles. The van der Waals surface area contributed by atoms with E-state index in [1.165, 1.54) is 0 Å². The first-order chi connectivity index (χ1) is 15.6. The normalized spacial score (nSPS) is 15.1. The summed E-state index contributed by atoms with van der Waals surface area (Å²) in [5.41, 5.74) is 3.18. The van der Waals surface area contributed by atoms with E-state index in [0.717, 1.165) is 5.56 Å². The number of carbonyl (C=O) groups excluding carboxylic acids is 1. The third-order valence-electron chi connectivity index (χ3n) is 5.14. The number of amides is 1. The van der Waals surface area contributed by atoms with E-state index in [4.69, 9.17) is 0 Å². The molecule has 3 aromatic heterocycles. The largest absolute Gasteiger partial charge is 0.508 e. The number of nitrogens with one attached hydrogen (secondary N) is 2. The first-order valence-electron chi connectivity index (χ1n) is 9.95. The maximum absolute atomic E-state index is 13.4. The zero-order valence-corrected chi connectivity index (χ0v) is 17.1. The third-order valence-corrected chi connectivity index (χ3v) is 5.14. The van der Waals surface area contributed by atoms with E-state index in [2.05, 4.69) is 30.7 Å². The summed E-state index contributed by atoms with van der Waals surface area (Å²) in [5, 5.41) is 20.9. The Labute approximate surface area is 183 Å². The predicted molar refractivity (Wildman–Crippen MR) is 119 cm³/mol. The van der Waals surface area contributed by atoms with Gasteiger partial charge >= 0.3 is 0 Å². The second-order valence-corrected chi connectivity index (χ2v) is 7.30. The minimum atomic E-state index is -0.599. The number of allylic oxidation sites excluding steroid dienone is 1. The average Bonchev–Trinajstić information content (AvgIpc) is 3.23. The summed E-state index contributed by atoms with van der Waals surface area (Å²) in [7, 11) is 0. The van der Waals surface area contributed by atoms with E-state index in [1.54, 1.807) is 59.8 Å². The number of hydrogen-bond donors (Lipinski definition) is 3. The lowest BCUT2D eigenvalue weighted by Gasteiger charge is -2.28. The molecule has 0 bridgehead atoms. The van der Waals surface area contributed by atoms with Crippen molar-refractivity contribution < 1.29 is 9.90 Å². The highest BCUT2D eigenvalue weighted by Gasteiger charge is 2.34. The lowest BCUT2D eigenvalue weighted by atomic mass is 9.95. The fraction of sp³-hybridized carbons (Fsp3) is 0.0870. The Hall–Kier alpha value is -4.53. The van der Waals surface area contributed by atoms with Crippen molar-refractivity contribution >= 4 is 17.5 Å². The van der Waals surface area contributed by atoms with E-state index in [-0.39, 0.29) is 11.7 Å². The van der Waals surface area contributed by atoms with Crippen LogP contribution < -0.4 is 10.6 Å². The summed E-state index contributed by atoms with van der Waals surface area (Å²) in [6, 6.07) is 13.3. The highest BCUT2D eigenvalue weighted by molar-refractivity contribution is 6.05. The molecule has 32 heavy (non-hydrogen) atoms. The summed E-state index contributed by atoms with van der Waals surface area (Å²) in [6.07, 6.45) is 6.56. The number of benzene rings is 1. The van der Waals surface area contributed by atoms with Gasteiger partial charge in [-0.15, -0.1) is 5.10 Å². The molecule has 5 rings (SSSR count). The van der Waals surface area contributed by atoms with Gasteiger partial charge in [-0.05, 0) is 48.9 Å². The Morgan fingerprint density at radius 1 is 1.09 bits per heavy atom. The van der Waals surface area contributed by atoms with Crippen molar-refractivity contribution in [2.24, 2.45) is 0 Å². The highest BCUT2D eigenvalue weighted by Crippen LogP contribution is 2.37. The quantitative estimate of drug-likeness (QED) is 0.459. The number of carbonyl (C=O) groups is 1. The van der Waals surface area contributed by atoms with Crippen LogP contribution in [0.5, 0.6) is 5.75 Å². The molecule has 1 amide bonds. The number of nitrogens with zero attached hydrogens (tertiary/aromatic N) is 5. The second kappa shape index (κ2) is 7.95. The fourth-order valence-corrected chi connectivity index (χ4v) is 3.71. The molecule has 3 N–H and O–H groups in total. The smallest absolute Gasteiger partial charge is 0.255 e. The molecule has 0 saturated heterocycles. The molecule has 1 aromatic carbocycles. The highest BCUT2D eigenvalue weighted by atomic mass is 16.3. The number of phenolic OH excluding ortho intramolecular Hbond substituents is 1. The molecule has 9 heteroatoms. The fourth-order valence-electron chi connectivity index (χ4n) is 3.71. The number of aromatic nitrogens is 5. The van der Waals surface area contributed by atoms with Crippen molar-refractivity contribution in [3.63, 3.8) is 0 Å². The van der Waals surface area contributed by atoms with E-state index in [1.807, 2.05) is 25.1 Å². The van der Waals surface area contributed by atoms with Crippen LogP contribution in [0.25, 0.3) is 11.4 Å². The van der Waals surface area contributed by atoms with Crippen molar-refractivity contribution in [2.45, 2.75) is 13.0 Å². The van der Waals surface area contributed by atoms with Crippen LogP contribution in [0, 0.1) is 0 Å².